The summed E-state index contributed by atoms with van der Waals surface area (Å²) in [6.07, 6.45) is 5.61. The Morgan fingerprint density at radius 1 is 1.17 bits per heavy atom. The number of non-ortho nitro benzene ring substituents is 1. The number of carbonyl (C=O) groups is 2. The van der Waals surface area contributed by atoms with Crippen LogP contribution in [0.3, 0.4) is 0 Å². The van der Waals surface area contributed by atoms with Gasteiger partial charge in [-0.1, -0.05) is 12.8 Å². The predicted octanol–water partition coefficient (Wildman–Crippen LogP) is 2.29. The SMILES string of the molecule is O=C1NC(=S)N(C2CC2)C(=O)[C@]12Cc1cc([N+](=O)[O-])ccc1N1CCCCC[C@@H]12. The van der Waals surface area contributed by atoms with Crippen molar-refractivity contribution < 1.29 is 14.5 Å². The van der Waals surface area contributed by atoms with Crippen molar-refractivity contribution in [3.05, 3.63) is 33.9 Å². The summed E-state index contributed by atoms with van der Waals surface area (Å²) >= 11 is 5.33. The number of hydrogen-bond donors (Lipinski definition) is 1. The molecule has 1 aromatic rings. The molecule has 1 aliphatic carbocycles. The Balaban J connectivity index is 1.67. The lowest BCUT2D eigenvalue weighted by atomic mass is 9.67. The van der Waals surface area contributed by atoms with Crippen LogP contribution in [0.15, 0.2) is 18.2 Å². The maximum absolute atomic E-state index is 13.8. The van der Waals surface area contributed by atoms with E-state index in [0.29, 0.717) is 5.56 Å². The molecule has 0 radical (unpaired) electrons. The van der Waals surface area contributed by atoms with E-state index in [4.69, 9.17) is 12.2 Å². The zero-order valence-corrected chi connectivity index (χ0v) is 16.7. The third-order valence-electron chi connectivity index (χ3n) is 6.73. The number of benzene rings is 1. The van der Waals surface area contributed by atoms with Crippen LogP contribution in [0.25, 0.3) is 0 Å². The Labute approximate surface area is 173 Å². The fraction of sp³-hybridized carbons (Fsp3) is 0.550. The molecular weight excluding hydrogens is 392 g/mol. The topological polar surface area (TPSA) is 95.8 Å². The van der Waals surface area contributed by atoms with Gasteiger partial charge in [0.05, 0.1) is 11.0 Å². The van der Waals surface area contributed by atoms with Gasteiger partial charge in [-0.25, -0.2) is 0 Å². The number of nitrogens with one attached hydrogen (secondary N) is 1. The number of nitro benzene ring substituents is 1. The molecule has 1 N–H and O–H groups in total. The Bertz CT molecular complexity index is 946. The molecule has 3 aliphatic heterocycles. The van der Waals surface area contributed by atoms with Gasteiger partial charge < -0.3 is 10.2 Å². The first-order valence-corrected chi connectivity index (χ1v) is 10.6. The Hall–Kier alpha value is -2.55. The van der Waals surface area contributed by atoms with Crippen molar-refractivity contribution in [3.63, 3.8) is 0 Å². The molecule has 2 amide bonds. The van der Waals surface area contributed by atoms with Crippen LogP contribution in [0.4, 0.5) is 11.4 Å². The average molecular weight is 414 g/mol. The van der Waals surface area contributed by atoms with Gasteiger partial charge in [-0.05, 0) is 49.5 Å². The summed E-state index contributed by atoms with van der Waals surface area (Å²) < 4.78 is 0. The molecule has 2 saturated heterocycles. The van der Waals surface area contributed by atoms with Crippen LogP contribution in [0, 0.1) is 15.5 Å². The maximum Gasteiger partial charge on any atom is 0.269 e. The second-order valence-corrected chi connectivity index (χ2v) is 8.83. The molecule has 0 unspecified atom stereocenters. The molecular formula is C20H22N4O4S. The van der Waals surface area contributed by atoms with Crippen LogP contribution in [-0.2, 0) is 16.0 Å². The molecule has 3 heterocycles. The lowest BCUT2D eigenvalue weighted by Gasteiger charge is -2.52. The largest absolute Gasteiger partial charge is 0.367 e. The van der Waals surface area contributed by atoms with Gasteiger partial charge >= 0.3 is 0 Å². The number of amides is 2. The van der Waals surface area contributed by atoms with Crippen LogP contribution in [-0.4, -0.2) is 45.4 Å². The van der Waals surface area contributed by atoms with E-state index >= 15 is 0 Å². The summed E-state index contributed by atoms with van der Waals surface area (Å²) in [5, 5.41) is 14.3. The van der Waals surface area contributed by atoms with Crippen LogP contribution in [0.2, 0.25) is 0 Å². The highest BCUT2D eigenvalue weighted by molar-refractivity contribution is 7.80. The third kappa shape index (κ3) is 2.67. The van der Waals surface area contributed by atoms with Crippen molar-refractivity contribution in [2.24, 2.45) is 5.41 Å². The predicted molar refractivity (Wildman–Crippen MR) is 109 cm³/mol. The van der Waals surface area contributed by atoms with E-state index < -0.39 is 10.3 Å². The molecule has 3 fully saturated rings. The first kappa shape index (κ1) is 18.5. The number of anilines is 1. The summed E-state index contributed by atoms with van der Waals surface area (Å²) in [5.74, 6) is -0.596. The van der Waals surface area contributed by atoms with Crippen molar-refractivity contribution >= 4 is 40.5 Å². The second kappa shape index (κ2) is 6.48. The average Bonchev–Trinajstić information content (AvgIpc) is 3.52. The van der Waals surface area contributed by atoms with Gasteiger partial charge in [0.1, 0.15) is 0 Å². The molecule has 8 nitrogen and oxygen atoms in total. The molecule has 1 saturated carbocycles. The van der Waals surface area contributed by atoms with Crippen molar-refractivity contribution in [3.8, 4) is 0 Å². The Morgan fingerprint density at radius 2 is 1.97 bits per heavy atom. The standard InChI is InChI=1S/C20H22N4O4S/c25-17-20(18(26)23(13-5-6-13)19(29)21-17)11-12-10-14(24(27)28)7-8-15(12)22-9-3-1-2-4-16(20)22/h7-8,10,13,16H,1-6,9,11H2,(H,21,25,29)/t16-,20+/m1/s1. The smallest absolute Gasteiger partial charge is 0.269 e. The molecule has 1 spiro atoms. The molecule has 0 aromatic heterocycles. The van der Waals surface area contributed by atoms with E-state index in [2.05, 4.69) is 10.2 Å². The van der Waals surface area contributed by atoms with Crippen molar-refractivity contribution in [2.75, 3.05) is 11.4 Å². The van der Waals surface area contributed by atoms with E-state index in [9.17, 15) is 19.7 Å². The molecule has 5 rings (SSSR count). The van der Waals surface area contributed by atoms with Crippen LogP contribution < -0.4 is 10.2 Å². The summed E-state index contributed by atoms with van der Waals surface area (Å²) in [7, 11) is 0. The van der Waals surface area contributed by atoms with Gasteiger partial charge in [0, 0.05) is 36.8 Å². The number of hydrogen-bond acceptors (Lipinski definition) is 6. The van der Waals surface area contributed by atoms with Gasteiger partial charge in [-0.3, -0.25) is 24.6 Å². The molecule has 1 aromatic carbocycles. The quantitative estimate of drug-likeness (QED) is 0.345. The van der Waals surface area contributed by atoms with E-state index in [-0.39, 0.29) is 41.1 Å². The van der Waals surface area contributed by atoms with Crippen molar-refractivity contribution in [1.29, 1.82) is 0 Å². The fourth-order valence-corrected chi connectivity index (χ4v) is 5.55. The van der Waals surface area contributed by atoms with Crippen LogP contribution in [0.5, 0.6) is 0 Å². The van der Waals surface area contributed by atoms with Gasteiger partial charge in [0.25, 0.3) is 5.69 Å². The highest BCUT2D eigenvalue weighted by Crippen LogP contribution is 2.49. The minimum Gasteiger partial charge on any atom is -0.367 e. The third-order valence-corrected chi connectivity index (χ3v) is 7.03. The van der Waals surface area contributed by atoms with Crippen LogP contribution in [0.1, 0.15) is 44.1 Å². The highest BCUT2D eigenvalue weighted by Gasteiger charge is 2.62. The molecule has 2 atom stereocenters. The van der Waals surface area contributed by atoms with Gasteiger partial charge in [0.2, 0.25) is 11.8 Å². The lowest BCUT2D eigenvalue weighted by molar-refractivity contribution is -0.384. The highest BCUT2D eigenvalue weighted by atomic mass is 32.1. The molecule has 4 aliphatic rings. The van der Waals surface area contributed by atoms with Crippen molar-refractivity contribution in [2.45, 2.75) is 57.0 Å². The minimum absolute atomic E-state index is 0.0228. The molecule has 0 bridgehead atoms. The first-order valence-electron chi connectivity index (χ1n) is 10.2. The first-order chi connectivity index (χ1) is 13.9. The van der Waals surface area contributed by atoms with E-state index in [1.54, 1.807) is 11.0 Å². The van der Waals surface area contributed by atoms with Gasteiger partial charge in [-0.15, -0.1) is 0 Å². The summed E-state index contributed by atoms with van der Waals surface area (Å²) in [5.41, 5.74) is 0.270. The molecule has 9 heteroatoms. The molecule has 29 heavy (non-hydrogen) atoms. The van der Waals surface area contributed by atoms with E-state index in [1.165, 1.54) is 12.1 Å². The normalized spacial score (nSPS) is 29.2. The number of nitrogens with zero attached hydrogens (tertiary/aromatic N) is 3. The van der Waals surface area contributed by atoms with Gasteiger partial charge in [0.15, 0.2) is 10.5 Å². The number of carbonyl (C=O) groups excluding carboxylic acids is 2. The minimum atomic E-state index is -1.29. The fourth-order valence-electron chi connectivity index (χ4n) is 5.22. The second-order valence-electron chi connectivity index (χ2n) is 8.44. The number of thiocarbonyl (C=S) groups is 1. The van der Waals surface area contributed by atoms with Crippen LogP contribution >= 0.6 is 12.2 Å². The lowest BCUT2D eigenvalue weighted by Crippen LogP contribution is -2.72. The Kier molecular flexibility index (Phi) is 4.13. The monoisotopic (exact) mass is 414 g/mol. The summed E-state index contributed by atoms with van der Waals surface area (Å²) in [4.78, 5) is 41.8. The van der Waals surface area contributed by atoms with Crippen molar-refractivity contribution in [1.82, 2.24) is 10.2 Å². The van der Waals surface area contributed by atoms with E-state index in [0.717, 1.165) is 50.8 Å². The number of nitro groups is 1. The maximum atomic E-state index is 13.8. The zero-order chi connectivity index (χ0) is 20.3. The summed E-state index contributed by atoms with van der Waals surface area (Å²) in [6, 6.07) is 4.59. The number of fused-ring (bicyclic) bond motifs is 4. The van der Waals surface area contributed by atoms with Gasteiger partial charge in [-0.2, -0.15) is 0 Å². The molecule has 152 valence electrons. The summed E-state index contributed by atoms with van der Waals surface area (Å²) in [6.45, 7) is 0.728. The van der Waals surface area contributed by atoms with E-state index in [1.807, 2.05) is 0 Å². The zero-order valence-electron chi connectivity index (χ0n) is 15.9. The Morgan fingerprint density at radius 3 is 2.69 bits per heavy atom. The number of rotatable bonds is 2.